The molecule has 1 N–H and O–H groups in total. The first-order chi connectivity index (χ1) is 16.2. The van der Waals surface area contributed by atoms with Gasteiger partial charge in [-0.05, 0) is 49.2 Å². The van der Waals surface area contributed by atoms with Crippen molar-refractivity contribution in [2.45, 2.75) is 19.5 Å². The van der Waals surface area contributed by atoms with Gasteiger partial charge in [0.25, 0.3) is 11.8 Å². The minimum Gasteiger partial charge on any atom is -0.484 e. The van der Waals surface area contributed by atoms with E-state index in [1.807, 2.05) is 0 Å². The average Bonchev–Trinajstić information content (AvgIpc) is 2.83. The molecule has 0 bridgehead atoms. The van der Waals surface area contributed by atoms with Gasteiger partial charge in [-0.15, -0.1) is 0 Å². The number of likely N-dealkylation sites (N-methyl/N-ethyl adjacent to an activating group) is 1. The number of anilines is 1. The van der Waals surface area contributed by atoms with Crippen molar-refractivity contribution in [3.63, 3.8) is 0 Å². The third kappa shape index (κ3) is 6.66. The standard InChI is InChI=1S/C24H27F2N3O5/c1-28(2)21(30)15-33-18-11-9-17(10-12-18)27-22(31)16-6-5-13-29(14-16)23(32)19-7-3-4-8-20(19)34-24(25)26/h3-4,7-12,16,24H,5-6,13-15H2,1-2H3,(H,27,31). The molecule has 0 radical (unpaired) electrons. The van der Waals surface area contributed by atoms with E-state index in [0.29, 0.717) is 30.8 Å². The zero-order chi connectivity index (χ0) is 24.7. The normalized spacial score (nSPS) is 15.6. The summed E-state index contributed by atoms with van der Waals surface area (Å²) in [5, 5.41) is 2.83. The number of piperidine rings is 1. The van der Waals surface area contributed by atoms with Crippen LogP contribution in [0.5, 0.6) is 11.5 Å². The first-order valence-corrected chi connectivity index (χ1v) is 10.8. The Morgan fingerprint density at radius 2 is 1.82 bits per heavy atom. The molecule has 1 heterocycles. The molecule has 1 unspecified atom stereocenters. The minimum atomic E-state index is -3.04. The predicted octanol–water partition coefficient (Wildman–Crippen LogP) is 3.25. The summed E-state index contributed by atoms with van der Waals surface area (Å²) in [5.41, 5.74) is 0.586. The van der Waals surface area contributed by atoms with Crippen molar-refractivity contribution >= 4 is 23.4 Å². The Morgan fingerprint density at radius 1 is 1.12 bits per heavy atom. The third-order valence-corrected chi connectivity index (χ3v) is 5.40. The molecule has 2 aromatic rings. The molecule has 1 saturated heterocycles. The van der Waals surface area contributed by atoms with Crippen molar-refractivity contribution in [3.8, 4) is 11.5 Å². The number of ether oxygens (including phenoxy) is 2. The van der Waals surface area contributed by atoms with Gasteiger partial charge in [-0.1, -0.05) is 12.1 Å². The zero-order valence-corrected chi connectivity index (χ0v) is 19.0. The SMILES string of the molecule is CN(C)C(=O)COc1ccc(NC(=O)C2CCCN(C(=O)c3ccccc3OC(F)F)C2)cc1. The summed E-state index contributed by atoms with van der Waals surface area (Å²) in [4.78, 5) is 40.3. The third-order valence-electron chi connectivity index (χ3n) is 5.40. The Labute approximate surface area is 196 Å². The first kappa shape index (κ1) is 24.9. The Morgan fingerprint density at radius 3 is 2.50 bits per heavy atom. The monoisotopic (exact) mass is 475 g/mol. The number of para-hydroxylation sites is 1. The maximum atomic E-state index is 12.9. The van der Waals surface area contributed by atoms with E-state index in [4.69, 9.17) is 4.74 Å². The van der Waals surface area contributed by atoms with Crippen molar-refractivity contribution < 1.29 is 32.6 Å². The van der Waals surface area contributed by atoms with Crippen LogP contribution >= 0.6 is 0 Å². The van der Waals surface area contributed by atoms with Gasteiger partial charge in [-0.25, -0.2) is 0 Å². The van der Waals surface area contributed by atoms with E-state index < -0.39 is 18.4 Å². The smallest absolute Gasteiger partial charge is 0.387 e. The molecule has 0 spiro atoms. The summed E-state index contributed by atoms with van der Waals surface area (Å²) < 4.78 is 35.3. The van der Waals surface area contributed by atoms with Crippen LogP contribution in [0.3, 0.4) is 0 Å². The quantitative estimate of drug-likeness (QED) is 0.633. The second-order valence-corrected chi connectivity index (χ2v) is 8.06. The van der Waals surface area contributed by atoms with Gasteiger partial charge >= 0.3 is 6.61 Å². The van der Waals surface area contributed by atoms with E-state index >= 15 is 0 Å². The molecule has 0 aliphatic carbocycles. The van der Waals surface area contributed by atoms with Crippen LogP contribution in [0.25, 0.3) is 0 Å². The van der Waals surface area contributed by atoms with Gasteiger partial charge in [-0.3, -0.25) is 14.4 Å². The molecular weight excluding hydrogens is 448 g/mol. The van der Waals surface area contributed by atoms with Gasteiger partial charge in [0.15, 0.2) is 6.61 Å². The predicted molar refractivity (Wildman–Crippen MR) is 121 cm³/mol. The number of benzene rings is 2. The maximum absolute atomic E-state index is 12.9. The lowest BCUT2D eigenvalue weighted by Crippen LogP contribution is -2.43. The molecule has 182 valence electrons. The molecule has 0 saturated carbocycles. The number of rotatable bonds is 8. The van der Waals surface area contributed by atoms with Crippen LogP contribution < -0.4 is 14.8 Å². The average molecular weight is 475 g/mol. The highest BCUT2D eigenvalue weighted by Gasteiger charge is 2.30. The zero-order valence-electron chi connectivity index (χ0n) is 19.0. The van der Waals surface area contributed by atoms with Gasteiger partial charge in [0.1, 0.15) is 11.5 Å². The van der Waals surface area contributed by atoms with Crippen molar-refractivity contribution in [2.24, 2.45) is 5.92 Å². The van der Waals surface area contributed by atoms with E-state index in [0.717, 1.165) is 0 Å². The molecule has 2 aromatic carbocycles. The van der Waals surface area contributed by atoms with Crippen molar-refractivity contribution in [3.05, 3.63) is 54.1 Å². The maximum Gasteiger partial charge on any atom is 0.387 e. The number of hydrogen-bond donors (Lipinski definition) is 1. The van der Waals surface area contributed by atoms with Crippen LogP contribution in [-0.2, 0) is 9.59 Å². The summed E-state index contributed by atoms with van der Waals surface area (Å²) in [6, 6.07) is 12.5. The first-order valence-electron chi connectivity index (χ1n) is 10.8. The number of amides is 3. The Balaban J connectivity index is 1.58. The topological polar surface area (TPSA) is 88.2 Å². The van der Waals surface area contributed by atoms with Crippen molar-refractivity contribution in [2.75, 3.05) is 39.1 Å². The molecule has 1 aliphatic heterocycles. The number of carbonyl (C=O) groups excluding carboxylic acids is 3. The molecular formula is C24H27F2N3O5. The number of likely N-dealkylation sites (tertiary alicyclic amines) is 1. The fourth-order valence-electron chi connectivity index (χ4n) is 3.54. The van der Waals surface area contributed by atoms with Gasteiger partial charge in [0.05, 0.1) is 11.5 Å². The summed E-state index contributed by atoms with van der Waals surface area (Å²) in [6.45, 7) is -2.54. The Hall–Kier alpha value is -3.69. The summed E-state index contributed by atoms with van der Waals surface area (Å²) in [5.74, 6) is -1.02. The summed E-state index contributed by atoms with van der Waals surface area (Å²) in [7, 11) is 3.28. The molecule has 3 rings (SSSR count). The number of alkyl halides is 2. The van der Waals surface area contributed by atoms with Crippen molar-refractivity contribution in [1.82, 2.24) is 9.80 Å². The summed E-state index contributed by atoms with van der Waals surface area (Å²) in [6.07, 6.45) is 1.20. The van der Waals surface area contributed by atoms with E-state index in [1.54, 1.807) is 44.4 Å². The second kappa shape index (κ2) is 11.4. The number of carbonyl (C=O) groups is 3. The van der Waals surface area contributed by atoms with E-state index in [1.165, 1.54) is 28.0 Å². The molecule has 0 aromatic heterocycles. The number of halogens is 2. The molecule has 1 aliphatic rings. The Bertz CT molecular complexity index is 1010. The van der Waals surface area contributed by atoms with Crippen LogP contribution in [-0.4, -0.2) is 67.9 Å². The summed E-state index contributed by atoms with van der Waals surface area (Å²) >= 11 is 0. The lowest BCUT2D eigenvalue weighted by Gasteiger charge is -2.32. The van der Waals surface area contributed by atoms with Crippen molar-refractivity contribution in [1.29, 1.82) is 0 Å². The highest BCUT2D eigenvalue weighted by Crippen LogP contribution is 2.26. The van der Waals surface area contributed by atoms with Crippen LogP contribution in [0.1, 0.15) is 23.2 Å². The number of nitrogens with zero attached hydrogens (tertiary/aromatic N) is 2. The fourth-order valence-corrected chi connectivity index (χ4v) is 3.54. The molecule has 8 nitrogen and oxygen atoms in total. The van der Waals surface area contributed by atoms with Gasteiger partial charge in [-0.2, -0.15) is 8.78 Å². The van der Waals surface area contributed by atoms with Crippen LogP contribution in [0.2, 0.25) is 0 Å². The van der Waals surface area contributed by atoms with E-state index in [-0.39, 0.29) is 36.3 Å². The van der Waals surface area contributed by atoms with Gasteiger partial charge in [0, 0.05) is 32.9 Å². The fraction of sp³-hybridized carbons (Fsp3) is 0.375. The lowest BCUT2D eigenvalue weighted by molar-refractivity contribution is -0.130. The number of hydrogen-bond acceptors (Lipinski definition) is 5. The van der Waals surface area contributed by atoms with Gasteiger partial charge < -0.3 is 24.6 Å². The largest absolute Gasteiger partial charge is 0.484 e. The molecule has 34 heavy (non-hydrogen) atoms. The van der Waals surface area contributed by atoms with Crippen LogP contribution in [0, 0.1) is 5.92 Å². The lowest BCUT2D eigenvalue weighted by atomic mass is 9.96. The molecule has 10 heteroatoms. The highest BCUT2D eigenvalue weighted by molar-refractivity contribution is 5.98. The molecule has 1 atom stereocenters. The second-order valence-electron chi connectivity index (χ2n) is 8.06. The number of nitrogens with one attached hydrogen (secondary N) is 1. The Kier molecular flexibility index (Phi) is 8.39. The van der Waals surface area contributed by atoms with Crippen LogP contribution in [0.15, 0.2) is 48.5 Å². The highest BCUT2D eigenvalue weighted by atomic mass is 19.3. The molecule has 1 fully saturated rings. The minimum absolute atomic E-state index is 0.0344. The van der Waals surface area contributed by atoms with E-state index in [9.17, 15) is 23.2 Å². The van der Waals surface area contributed by atoms with Gasteiger partial charge in [0.2, 0.25) is 5.91 Å². The molecule has 3 amide bonds. The van der Waals surface area contributed by atoms with E-state index in [2.05, 4.69) is 10.1 Å². The van der Waals surface area contributed by atoms with Crippen LogP contribution in [0.4, 0.5) is 14.5 Å².